The molecule has 7 heteroatoms. The van der Waals surface area contributed by atoms with E-state index < -0.39 is 0 Å². The molecule has 1 N–H and O–H groups in total. The molecule has 1 atom stereocenters. The molecule has 0 radical (unpaired) electrons. The van der Waals surface area contributed by atoms with Crippen molar-refractivity contribution >= 4 is 17.7 Å². The average molecular weight is 406 g/mol. The van der Waals surface area contributed by atoms with Gasteiger partial charge in [0.2, 0.25) is 11.8 Å². The summed E-state index contributed by atoms with van der Waals surface area (Å²) in [5.74, 6) is -0.319. The predicted molar refractivity (Wildman–Crippen MR) is 111 cm³/mol. The van der Waals surface area contributed by atoms with Gasteiger partial charge in [-0.25, -0.2) is 0 Å². The number of carbonyl (C=O) groups excluding carboxylic acids is 3. The lowest BCUT2D eigenvalue weighted by molar-refractivity contribution is -0.136. The maximum Gasteiger partial charge on any atom is 0.253 e. The highest BCUT2D eigenvalue weighted by Gasteiger charge is 2.37. The van der Waals surface area contributed by atoms with Gasteiger partial charge >= 0.3 is 0 Å². The first-order valence-corrected chi connectivity index (χ1v) is 10.4. The topological polar surface area (TPSA) is 82.6 Å². The van der Waals surface area contributed by atoms with Gasteiger partial charge in [-0.2, -0.15) is 0 Å². The van der Waals surface area contributed by atoms with E-state index in [0.29, 0.717) is 44.6 Å². The third-order valence-electron chi connectivity index (χ3n) is 5.85. The number of aromatic nitrogens is 1. The lowest BCUT2D eigenvalue weighted by Gasteiger charge is -2.33. The van der Waals surface area contributed by atoms with Crippen molar-refractivity contribution in [3.63, 3.8) is 0 Å². The number of hydrogen-bond donors (Lipinski definition) is 1. The van der Waals surface area contributed by atoms with Gasteiger partial charge < -0.3 is 15.1 Å². The minimum absolute atomic E-state index is 0.0378. The molecule has 156 valence electrons. The zero-order valence-corrected chi connectivity index (χ0v) is 16.9. The number of carbonyl (C=O) groups is 3. The maximum absolute atomic E-state index is 12.9. The highest BCUT2D eigenvalue weighted by Crippen LogP contribution is 2.24. The Morgan fingerprint density at radius 1 is 1.07 bits per heavy atom. The fourth-order valence-electron chi connectivity index (χ4n) is 4.16. The number of nitrogens with one attached hydrogen (secondary N) is 1. The summed E-state index contributed by atoms with van der Waals surface area (Å²) in [5, 5.41) is 3.03. The molecule has 2 aromatic rings. The summed E-state index contributed by atoms with van der Waals surface area (Å²) in [6.45, 7) is 2.22. The molecule has 7 nitrogen and oxygen atoms in total. The van der Waals surface area contributed by atoms with Crippen molar-refractivity contribution in [2.45, 2.75) is 31.8 Å². The van der Waals surface area contributed by atoms with Crippen molar-refractivity contribution < 1.29 is 14.4 Å². The van der Waals surface area contributed by atoms with Gasteiger partial charge in [-0.05, 0) is 30.5 Å². The first kappa shape index (κ1) is 20.1. The summed E-state index contributed by atoms with van der Waals surface area (Å²) in [6.07, 6.45) is 4.89. The van der Waals surface area contributed by atoms with Crippen molar-refractivity contribution in [2.24, 2.45) is 5.92 Å². The summed E-state index contributed by atoms with van der Waals surface area (Å²) in [6, 6.07) is 13.4. The molecule has 0 saturated carbocycles. The largest absolute Gasteiger partial charge is 0.349 e. The van der Waals surface area contributed by atoms with Gasteiger partial charge in [0, 0.05) is 51.0 Å². The third kappa shape index (κ3) is 4.67. The SMILES string of the molecule is O=C(NC1CCN(C(=O)C2CC(=O)N(Cc3ccccc3)C2)CC1)c1cccnc1. The van der Waals surface area contributed by atoms with Crippen LogP contribution in [0.3, 0.4) is 0 Å². The van der Waals surface area contributed by atoms with Gasteiger partial charge in [-0.3, -0.25) is 19.4 Å². The van der Waals surface area contributed by atoms with E-state index in [0.717, 1.165) is 5.56 Å². The van der Waals surface area contributed by atoms with Crippen LogP contribution in [0.4, 0.5) is 0 Å². The van der Waals surface area contributed by atoms with E-state index >= 15 is 0 Å². The minimum Gasteiger partial charge on any atom is -0.349 e. The third-order valence-corrected chi connectivity index (χ3v) is 5.85. The number of nitrogens with zero attached hydrogens (tertiary/aromatic N) is 3. The van der Waals surface area contributed by atoms with Crippen LogP contribution in [-0.2, 0) is 16.1 Å². The summed E-state index contributed by atoms with van der Waals surface area (Å²) in [5.41, 5.74) is 1.61. The molecule has 30 heavy (non-hydrogen) atoms. The van der Waals surface area contributed by atoms with Gasteiger partial charge in [0.05, 0.1) is 11.5 Å². The summed E-state index contributed by atoms with van der Waals surface area (Å²) in [4.78, 5) is 45.2. The molecule has 2 aliphatic heterocycles. The van der Waals surface area contributed by atoms with Crippen molar-refractivity contribution in [1.82, 2.24) is 20.1 Å². The average Bonchev–Trinajstić information content (AvgIpc) is 3.15. The zero-order valence-electron chi connectivity index (χ0n) is 16.9. The Labute approximate surface area is 176 Å². The first-order valence-electron chi connectivity index (χ1n) is 10.4. The lowest BCUT2D eigenvalue weighted by Crippen LogP contribution is -2.48. The molecule has 2 aliphatic rings. The molecule has 1 aromatic heterocycles. The van der Waals surface area contributed by atoms with Crippen LogP contribution in [-0.4, -0.2) is 58.2 Å². The standard InChI is InChI=1S/C23H26N4O3/c28-21-13-19(16-27(21)15-17-5-2-1-3-6-17)23(30)26-11-8-20(9-12-26)25-22(29)18-7-4-10-24-14-18/h1-7,10,14,19-20H,8-9,11-13,15-16H2,(H,25,29). The Balaban J connectivity index is 1.26. The smallest absolute Gasteiger partial charge is 0.253 e. The van der Waals surface area contributed by atoms with Gasteiger partial charge in [0.1, 0.15) is 0 Å². The second-order valence-electron chi connectivity index (χ2n) is 7.98. The Bertz CT molecular complexity index is 895. The summed E-state index contributed by atoms with van der Waals surface area (Å²) in [7, 11) is 0. The Kier molecular flexibility index (Phi) is 6.07. The lowest BCUT2D eigenvalue weighted by atomic mass is 10.0. The highest BCUT2D eigenvalue weighted by atomic mass is 16.2. The van der Waals surface area contributed by atoms with E-state index in [9.17, 15) is 14.4 Å². The molecule has 3 amide bonds. The van der Waals surface area contributed by atoms with E-state index in [1.54, 1.807) is 29.4 Å². The molecule has 3 heterocycles. The Morgan fingerprint density at radius 3 is 2.53 bits per heavy atom. The second-order valence-corrected chi connectivity index (χ2v) is 7.98. The number of pyridine rings is 1. The second kappa shape index (κ2) is 9.07. The zero-order chi connectivity index (χ0) is 20.9. The van der Waals surface area contributed by atoms with Crippen LogP contribution in [0.25, 0.3) is 0 Å². The number of piperidine rings is 1. The van der Waals surface area contributed by atoms with E-state index in [1.807, 2.05) is 35.2 Å². The van der Waals surface area contributed by atoms with Crippen LogP contribution in [0.5, 0.6) is 0 Å². The Morgan fingerprint density at radius 2 is 1.83 bits per heavy atom. The summed E-state index contributed by atoms with van der Waals surface area (Å²) < 4.78 is 0. The Hall–Kier alpha value is -3.22. The first-order chi connectivity index (χ1) is 14.6. The van der Waals surface area contributed by atoms with Crippen LogP contribution < -0.4 is 5.32 Å². The molecule has 0 bridgehead atoms. The molecule has 0 aliphatic carbocycles. The number of hydrogen-bond acceptors (Lipinski definition) is 4. The fraction of sp³-hybridized carbons (Fsp3) is 0.391. The number of likely N-dealkylation sites (tertiary alicyclic amines) is 2. The fourth-order valence-corrected chi connectivity index (χ4v) is 4.16. The van der Waals surface area contributed by atoms with E-state index in [1.165, 1.54) is 0 Å². The molecule has 0 spiro atoms. The van der Waals surface area contributed by atoms with Crippen molar-refractivity contribution in [1.29, 1.82) is 0 Å². The molecule has 2 fully saturated rings. The summed E-state index contributed by atoms with van der Waals surface area (Å²) >= 11 is 0. The van der Waals surface area contributed by atoms with Gasteiger partial charge in [-0.1, -0.05) is 30.3 Å². The van der Waals surface area contributed by atoms with Crippen molar-refractivity contribution in [3.8, 4) is 0 Å². The monoisotopic (exact) mass is 406 g/mol. The van der Waals surface area contributed by atoms with Crippen molar-refractivity contribution in [3.05, 3.63) is 66.0 Å². The predicted octanol–water partition coefficient (Wildman–Crippen LogP) is 1.85. The van der Waals surface area contributed by atoms with Crippen LogP contribution in [0.1, 0.15) is 35.2 Å². The van der Waals surface area contributed by atoms with Gasteiger partial charge in [-0.15, -0.1) is 0 Å². The molecular weight excluding hydrogens is 380 g/mol. The number of amides is 3. The number of rotatable bonds is 5. The number of benzene rings is 1. The van der Waals surface area contributed by atoms with Crippen LogP contribution in [0.15, 0.2) is 54.9 Å². The van der Waals surface area contributed by atoms with Crippen molar-refractivity contribution in [2.75, 3.05) is 19.6 Å². The van der Waals surface area contributed by atoms with Gasteiger partial charge in [0.25, 0.3) is 5.91 Å². The van der Waals surface area contributed by atoms with E-state index in [-0.39, 0.29) is 36.1 Å². The van der Waals surface area contributed by atoms with Gasteiger partial charge in [0.15, 0.2) is 0 Å². The van der Waals surface area contributed by atoms with E-state index in [2.05, 4.69) is 10.3 Å². The molecule has 1 unspecified atom stereocenters. The minimum atomic E-state index is -0.275. The van der Waals surface area contributed by atoms with Crippen LogP contribution >= 0.6 is 0 Å². The quantitative estimate of drug-likeness (QED) is 0.822. The van der Waals surface area contributed by atoms with Crippen LogP contribution in [0, 0.1) is 5.92 Å². The molecular formula is C23H26N4O3. The van der Waals surface area contributed by atoms with Crippen LogP contribution in [0.2, 0.25) is 0 Å². The molecule has 1 aromatic carbocycles. The van der Waals surface area contributed by atoms with E-state index in [4.69, 9.17) is 0 Å². The maximum atomic E-state index is 12.9. The molecule has 2 saturated heterocycles. The molecule has 4 rings (SSSR count). The highest BCUT2D eigenvalue weighted by molar-refractivity contribution is 5.94. The normalized spacial score (nSPS) is 19.7.